The largest absolute Gasteiger partial charge is 0.244 e. The van der Waals surface area contributed by atoms with Gasteiger partial charge < -0.3 is 0 Å². The minimum absolute atomic E-state index is 0.481. The highest BCUT2D eigenvalue weighted by Crippen LogP contribution is 2.16. The molecular formula is C11H12ClN3. The van der Waals surface area contributed by atoms with E-state index in [-0.39, 0.29) is 0 Å². The zero-order chi connectivity index (χ0) is 10.8. The molecule has 0 aromatic carbocycles. The van der Waals surface area contributed by atoms with E-state index in [2.05, 4.69) is 23.9 Å². The van der Waals surface area contributed by atoms with Gasteiger partial charge in [-0.15, -0.1) is 0 Å². The van der Waals surface area contributed by atoms with Crippen molar-refractivity contribution in [3.8, 4) is 5.69 Å². The van der Waals surface area contributed by atoms with Crippen molar-refractivity contribution < 1.29 is 0 Å². The zero-order valence-electron chi connectivity index (χ0n) is 8.68. The van der Waals surface area contributed by atoms with E-state index in [0.29, 0.717) is 11.1 Å². The highest BCUT2D eigenvalue weighted by atomic mass is 35.5. The molecule has 15 heavy (non-hydrogen) atoms. The molecule has 0 aliphatic rings. The average Bonchev–Trinajstić information content (AvgIpc) is 2.66. The minimum Gasteiger partial charge on any atom is -0.244 e. The molecule has 0 bridgehead atoms. The van der Waals surface area contributed by atoms with Gasteiger partial charge in [-0.2, -0.15) is 5.10 Å². The summed E-state index contributed by atoms with van der Waals surface area (Å²) < 4.78 is 1.81. The van der Waals surface area contributed by atoms with Gasteiger partial charge in [0.25, 0.3) is 0 Å². The van der Waals surface area contributed by atoms with Crippen LogP contribution in [-0.2, 0) is 0 Å². The summed E-state index contributed by atoms with van der Waals surface area (Å²) in [4.78, 5) is 3.93. The van der Waals surface area contributed by atoms with Crippen LogP contribution in [0.25, 0.3) is 5.69 Å². The second-order valence-corrected chi connectivity index (χ2v) is 4.10. The molecular weight excluding hydrogens is 210 g/mol. The summed E-state index contributed by atoms with van der Waals surface area (Å²) in [6.07, 6.45) is 5.56. The van der Waals surface area contributed by atoms with Crippen molar-refractivity contribution in [1.82, 2.24) is 14.8 Å². The van der Waals surface area contributed by atoms with Gasteiger partial charge in [0, 0.05) is 18.5 Å². The number of halogens is 1. The monoisotopic (exact) mass is 221 g/mol. The molecule has 2 rings (SSSR count). The van der Waals surface area contributed by atoms with Crippen LogP contribution in [0.5, 0.6) is 0 Å². The lowest BCUT2D eigenvalue weighted by Gasteiger charge is -2.01. The van der Waals surface area contributed by atoms with E-state index in [9.17, 15) is 0 Å². The Balaban J connectivity index is 2.37. The molecule has 0 unspecified atom stereocenters. The van der Waals surface area contributed by atoms with E-state index in [1.165, 1.54) is 5.56 Å². The molecule has 78 valence electrons. The summed E-state index contributed by atoms with van der Waals surface area (Å²) in [7, 11) is 0. The molecule has 0 atom stereocenters. The third kappa shape index (κ3) is 2.18. The van der Waals surface area contributed by atoms with Gasteiger partial charge in [0.1, 0.15) is 5.15 Å². The maximum atomic E-state index is 5.81. The lowest BCUT2D eigenvalue weighted by Crippen LogP contribution is -1.94. The van der Waals surface area contributed by atoms with E-state index >= 15 is 0 Å². The maximum Gasteiger partial charge on any atom is 0.131 e. The Morgan fingerprint density at radius 3 is 2.80 bits per heavy atom. The lowest BCUT2D eigenvalue weighted by atomic mass is 10.1. The van der Waals surface area contributed by atoms with E-state index in [4.69, 9.17) is 11.6 Å². The van der Waals surface area contributed by atoms with E-state index in [0.717, 1.165) is 5.69 Å². The molecule has 2 heterocycles. The van der Waals surface area contributed by atoms with Gasteiger partial charge in [-0.1, -0.05) is 25.4 Å². The molecule has 0 saturated carbocycles. The van der Waals surface area contributed by atoms with Crippen molar-refractivity contribution in [3.63, 3.8) is 0 Å². The average molecular weight is 222 g/mol. The van der Waals surface area contributed by atoms with Crippen LogP contribution in [0.2, 0.25) is 5.15 Å². The van der Waals surface area contributed by atoms with Crippen molar-refractivity contribution in [2.45, 2.75) is 19.8 Å². The smallest absolute Gasteiger partial charge is 0.131 e. The van der Waals surface area contributed by atoms with Crippen LogP contribution in [0, 0.1) is 0 Å². The fraction of sp³-hybridized carbons (Fsp3) is 0.273. The Hall–Kier alpha value is -1.35. The van der Waals surface area contributed by atoms with Gasteiger partial charge in [0.15, 0.2) is 0 Å². The zero-order valence-corrected chi connectivity index (χ0v) is 9.44. The number of pyridine rings is 1. The normalized spacial score (nSPS) is 10.9. The first-order chi connectivity index (χ1) is 7.16. The number of rotatable bonds is 2. The molecule has 0 aliphatic carbocycles. The van der Waals surface area contributed by atoms with Crippen LogP contribution >= 0.6 is 11.6 Å². The topological polar surface area (TPSA) is 30.7 Å². The quantitative estimate of drug-likeness (QED) is 0.730. The highest BCUT2D eigenvalue weighted by molar-refractivity contribution is 6.29. The summed E-state index contributed by atoms with van der Waals surface area (Å²) >= 11 is 5.81. The minimum atomic E-state index is 0.481. The van der Waals surface area contributed by atoms with Crippen LogP contribution in [0.4, 0.5) is 0 Å². The van der Waals surface area contributed by atoms with Crippen molar-refractivity contribution in [2.75, 3.05) is 0 Å². The molecule has 0 spiro atoms. The second-order valence-electron chi connectivity index (χ2n) is 3.71. The van der Waals surface area contributed by atoms with Crippen LogP contribution in [0.1, 0.15) is 25.3 Å². The van der Waals surface area contributed by atoms with Gasteiger partial charge in [-0.3, -0.25) is 0 Å². The lowest BCUT2D eigenvalue weighted by molar-refractivity contribution is 0.857. The molecule has 0 fully saturated rings. The maximum absolute atomic E-state index is 5.81. The molecule has 0 N–H and O–H groups in total. The van der Waals surface area contributed by atoms with Crippen molar-refractivity contribution in [2.24, 2.45) is 0 Å². The summed E-state index contributed by atoms with van der Waals surface area (Å²) in [6.45, 7) is 4.28. The Kier molecular flexibility index (Phi) is 2.73. The van der Waals surface area contributed by atoms with E-state index in [1.807, 2.05) is 23.1 Å². The fourth-order valence-electron chi connectivity index (χ4n) is 1.31. The number of nitrogens with zero attached hydrogens (tertiary/aromatic N) is 3. The Morgan fingerprint density at radius 2 is 2.20 bits per heavy atom. The second kappa shape index (κ2) is 4.03. The summed E-state index contributed by atoms with van der Waals surface area (Å²) in [6, 6.07) is 3.67. The SMILES string of the molecule is CC(C)c1cnn(-c2ccnc(Cl)c2)c1. The first kappa shape index (κ1) is 10.2. The Bertz CT molecular complexity index is 462. The number of hydrogen-bond acceptors (Lipinski definition) is 2. The standard InChI is InChI=1S/C11H12ClN3/c1-8(2)9-6-14-15(7-9)10-3-4-13-11(12)5-10/h3-8H,1-2H3. The summed E-state index contributed by atoms with van der Waals surface area (Å²) in [5.74, 6) is 0.482. The van der Waals surface area contributed by atoms with Crippen molar-refractivity contribution in [3.05, 3.63) is 41.4 Å². The van der Waals surface area contributed by atoms with Crippen LogP contribution in [0.15, 0.2) is 30.7 Å². The van der Waals surface area contributed by atoms with Gasteiger partial charge in [0.2, 0.25) is 0 Å². The van der Waals surface area contributed by atoms with Crippen molar-refractivity contribution >= 4 is 11.6 Å². The van der Waals surface area contributed by atoms with E-state index in [1.54, 1.807) is 12.3 Å². The molecule has 3 nitrogen and oxygen atoms in total. The predicted octanol–water partition coefficient (Wildman–Crippen LogP) is 3.04. The number of hydrogen-bond donors (Lipinski definition) is 0. The van der Waals surface area contributed by atoms with Gasteiger partial charge >= 0.3 is 0 Å². The van der Waals surface area contributed by atoms with Gasteiger partial charge in [-0.05, 0) is 17.5 Å². The Morgan fingerprint density at radius 1 is 1.40 bits per heavy atom. The first-order valence-corrected chi connectivity index (χ1v) is 5.21. The summed E-state index contributed by atoms with van der Waals surface area (Å²) in [5, 5.41) is 4.76. The molecule has 0 saturated heterocycles. The Labute approximate surface area is 93.7 Å². The molecule has 0 radical (unpaired) electrons. The van der Waals surface area contributed by atoms with Gasteiger partial charge in [0.05, 0.1) is 11.9 Å². The van der Waals surface area contributed by atoms with Crippen LogP contribution in [0.3, 0.4) is 0 Å². The number of aromatic nitrogens is 3. The van der Waals surface area contributed by atoms with Gasteiger partial charge in [-0.25, -0.2) is 9.67 Å². The third-order valence-corrected chi connectivity index (χ3v) is 2.45. The highest BCUT2D eigenvalue weighted by Gasteiger charge is 2.04. The third-order valence-electron chi connectivity index (χ3n) is 2.24. The summed E-state index contributed by atoms with van der Waals surface area (Å²) in [5.41, 5.74) is 2.14. The van der Waals surface area contributed by atoms with Crippen molar-refractivity contribution in [1.29, 1.82) is 0 Å². The molecule has 2 aromatic rings. The molecule has 4 heteroatoms. The first-order valence-electron chi connectivity index (χ1n) is 4.83. The molecule has 0 aliphatic heterocycles. The fourth-order valence-corrected chi connectivity index (χ4v) is 1.48. The molecule has 2 aromatic heterocycles. The van der Waals surface area contributed by atoms with Crippen LogP contribution in [-0.4, -0.2) is 14.8 Å². The molecule has 0 amide bonds. The van der Waals surface area contributed by atoms with E-state index < -0.39 is 0 Å². The predicted molar refractivity (Wildman–Crippen MR) is 60.5 cm³/mol. The van der Waals surface area contributed by atoms with Crippen LogP contribution < -0.4 is 0 Å².